The van der Waals surface area contributed by atoms with Crippen LogP contribution in [0.3, 0.4) is 0 Å². The first kappa shape index (κ1) is 17.3. The molecule has 0 saturated heterocycles. The van der Waals surface area contributed by atoms with E-state index in [9.17, 15) is 9.59 Å². The zero-order valence-electron chi connectivity index (χ0n) is 14.5. The first-order chi connectivity index (χ1) is 11.8. The molecule has 0 atom stereocenters. The number of aromatic nitrogens is 2. The lowest BCUT2D eigenvalue weighted by atomic mass is 10.1. The third-order valence-electron chi connectivity index (χ3n) is 3.65. The Bertz CT molecular complexity index is 1000. The summed E-state index contributed by atoms with van der Waals surface area (Å²) >= 11 is 1.32. The zero-order valence-corrected chi connectivity index (χ0v) is 15.4. The van der Waals surface area contributed by atoms with Crippen LogP contribution in [0.25, 0.3) is 11.0 Å². The van der Waals surface area contributed by atoms with Gasteiger partial charge in [-0.3, -0.25) is 14.9 Å². The first-order valence-electron chi connectivity index (χ1n) is 8.02. The van der Waals surface area contributed by atoms with E-state index in [2.05, 4.69) is 29.4 Å². The average molecular weight is 357 g/mol. The van der Waals surface area contributed by atoms with Crippen LogP contribution in [-0.4, -0.2) is 16.1 Å². The number of anilines is 1. The fourth-order valence-electron chi connectivity index (χ4n) is 2.62. The largest absolute Gasteiger partial charge is 0.450 e. The summed E-state index contributed by atoms with van der Waals surface area (Å²) in [5.41, 5.74) is 1.98. The molecule has 0 spiro atoms. The van der Waals surface area contributed by atoms with Crippen molar-refractivity contribution in [3.63, 3.8) is 0 Å². The molecule has 0 aliphatic carbocycles. The van der Waals surface area contributed by atoms with Crippen LogP contribution in [0.15, 0.2) is 27.4 Å². The third-order valence-corrected chi connectivity index (χ3v) is 4.51. The van der Waals surface area contributed by atoms with Gasteiger partial charge in [0.15, 0.2) is 11.2 Å². The zero-order chi connectivity index (χ0) is 18.1. The van der Waals surface area contributed by atoms with Gasteiger partial charge in [-0.1, -0.05) is 31.3 Å². The molecule has 3 rings (SSSR count). The van der Waals surface area contributed by atoms with Crippen molar-refractivity contribution in [1.82, 2.24) is 10.2 Å². The van der Waals surface area contributed by atoms with Crippen LogP contribution in [0.4, 0.5) is 5.13 Å². The van der Waals surface area contributed by atoms with Crippen molar-refractivity contribution in [2.75, 3.05) is 5.32 Å². The highest BCUT2D eigenvalue weighted by atomic mass is 32.1. The van der Waals surface area contributed by atoms with Crippen molar-refractivity contribution >= 4 is 33.3 Å². The van der Waals surface area contributed by atoms with E-state index >= 15 is 0 Å². The smallest absolute Gasteiger partial charge is 0.293 e. The molecular weight excluding hydrogens is 338 g/mol. The van der Waals surface area contributed by atoms with Crippen LogP contribution in [0.5, 0.6) is 0 Å². The van der Waals surface area contributed by atoms with Gasteiger partial charge in [0.1, 0.15) is 10.6 Å². The molecule has 0 aliphatic rings. The molecule has 2 heterocycles. The molecule has 2 aromatic heterocycles. The highest BCUT2D eigenvalue weighted by molar-refractivity contribution is 7.15. The number of aryl methyl sites for hydroxylation is 2. The lowest BCUT2D eigenvalue weighted by molar-refractivity contribution is 0.0997. The minimum Gasteiger partial charge on any atom is -0.450 e. The third kappa shape index (κ3) is 3.76. The Labute approximate surface area is 148 Å². The summed E-state index contributed by atoms with van der Waals surface area (Å²) in [6.45, 7) is 7.94. The average Bonchev–Trinajstić information content (AvgIpc) is 2.94. The molecule has 0 radical (unpaired) electrons. The maximum Gasteiger partial charge on any atom is 0.293 e. The predicted molar refractivity (Wildman–Crippen MR) is 98.4 cm³/mol. The van der Waals surface area contributed by atoms with Gasteiger partial charge in [-0.2, -0.15) is 0 Å². The maximum absolute atomic E-state index is 12.4. The summed E-state index contributed by atoms with van der Waals surface area (Å²) in [7, 11) is 0. The van der Waals surface area contributed by atoms with E-state index in [-0.39, 0.29) is 11.2 Å². The minimum atomic E-state index is -0.508. The van der Waals surface area contributed by atoms with Crippen molar-refractivity contribution in [2.24, 2.45) is 5.92 Å². The van der Waals surface area contributed by atoms with Crippen LogP contribution in [-0.2, 0) is 6.42 Å². The fraction of sp³-hybridized carbons (Fsp3) is 0.333. The minimum absolute atomic E-state index is 0.0370. The molecule has 3 aromatic rings. The monoisotopic (exact) mass is 357 g/mol. The van der Waals surface area contributed by atoms with Crippen LogP contribution in [0.2, 0.25) is 0 Å². The number of hydrogen-bond donors (Lipinski definition) is 1. The second-order valence-corrected chi connectivity index (χ2v) is 7.55. The molecule has 0 saturated carbocycles. The van der Waals surface area contributed by atoms with Gasteiger partial charge in [0.25, 0.3) is 5.91 Å². The van der Waals surface area contributed by atoms with E-state index in [1.54, 1.807) is 6.07 Å². The van der Waals surface area contributed by atoms with Crippen LogP contribution >= 0.6 is 11.3 Å². The van der Waals surface area contributed by atoms with Gasteiger partial charge in [-0.05, 0) is 37.0 Å². The molecule has 1 amide bonds. The molecule has 1 aromatic carbocycles. The number of nitrogens with one attached hydrogen (secondary N) is 1. The molecule has 0 fully saturated rings. The number of hydrogen-bond acceptors (Lipinski definition) is 6. The van der Waals surface area contributed by atoms with E-state index in [0.29, 0.717) is 22.0 Å². The number of benzene rings is 1. The Balaban J connectivity index is 1.90. The Hall–Kier alpha value is -2.54. The number of fused-ring (bicyclic) bond motifs is 1. The fourth-order valence-corrected chi connectivity index (χ4v) is 3.56. The lowest BCUT2D eigenvalue weighted by Gasteiger charge is -2.06. The number of nitrogens with zero attached hydrogens (tertiary/aromatic N) is 2. The highest BCUT2D eigenvalue weighted by Gasteiger charge is 2.16. The van der Waals surface area contributed by atoms with Gasteiger partial charge < -0.3 is 4.42 Å². The summed E-state index contributed by atoms with van der Waals surface area (Å²) in [5, 5.41) is 12.4. The second-order valence-electron chi connectivity index (χ2n) is 6.49. The summed E-state index contributed by atoms with van der Waals surface area (Å²) < 4.78 is 5.68. The van der Waals surface area contributed by atoms with Gasteiger partial charge in [-0.15, -0.1) is 10.2 Å². The van der Waals surface area contributed by atoms with Crippen molar-refractivity contribution < 1.29 is 9.21 Å². The standard InChI is InChI=1S/C18H19N3O3S/c1-9(2)5-15-20-21-18(25-15)19-17(23)14-8-13(22)12-7-10(3)6-11(4)16(12)24-14/h6-9H,5H2,1-4H3,(H,19,21,23). The number of amides is 1. The van der Waals surface area contributed by atoms with E-state index in [1.807, 2.05) is 19.9 Å². The summed E-state index contributed by atoms with van der Waals surface area (Å²) in [6, 6.07) is 4.89. The van der Waals surface area contributed by atoms with Gasteiger partial charge in [0, 0.05) is 12.5 Å². The predicted octanol–water partition coefficient (Wildman–Crippen LogP) is 3.71. The van der Waals surface area contributed by atoms with Gasteiger partial charge in [0.2, 0.25) is 5.13 Å². The Kier molecular flexibility index (Phi) is 4.67. The van der Waals surface area contributed by atoms with Gasteiger partial charge >= 0.3 is 0 Å². The lowest BCUT2D eigenvalue weighted by Crippen LogP contribution is -2.15. The molecule has 0 bridgehead atoms. The Morgan fingerprint density at radius 2 is 2.00 bits per heavy atom. The summed E-state index contributed by atoms with van der Waals surface area (Å²) in [4.78, 5) is 24.7. The van der Waals surface area contributed by atoms with Gasteiger partial charge in [0.05, 0.1) is 5.39 Å². The SMILES string of the molecule is Cc1cc(C)c2oc(C(=O)Nc3nnc(CC(C)C)s3)cc(=O)c2c1. The Morgan fingerprint density at radius 3 is 2.72 bits per heavy atom. The van der Waals surface area contributed by atoms with Crippen molar-refractivity contribution in [1.29, 1.82) is 0 Å². The molecule has 1 N–H and O–H groups in total. The second kappa shape index (κ2) is 6.76. The van der Waals surface area contributed by atoms with E-state index in [0.717, 1.165) is 22.6 Å². The Morgan fingerprint density at radius 1 is 1.24 bits per heavy atom. The van der Waals surface area contributed by atoms with E-state index in [4.69, 9.17) is 4.42 Å². The van der Waals surface area contributed by atoms with Crippen molar-refractivity contribution in [3.05, 3.63) is 50.3 Å². The topological polar surface area (TPSA) is 85.1 Å². The molecule has 7 heteroatoms. The number of carbonyl (C=O) groups excluding carboxylic acids is 1. The molecule has 25 heavy (non-hydrogen) atoms. The van der Waals surface area contributed by atoms with Crippen LogP contribution in [0.1, 0.15) is 40.5 Å². The molecule has 0 unspecified atom stereocenters. The normalized spacial score (nSPS) is 11.2. The summed E-state index contributed by atoms with van der Waals surface area (Å²) in [5.74, 6) is -0.0854. The van der Waals surface area contributed by atoms with Crippen molar-refractivity contribution in [2.45, 2.75) is 34.1 Å². The van der Waals surface area contributed by atoms with E-state index < -0.39 is 5.91 Å². The molecular formula is C18H19N3O3S. The van der Waals surface area contributed by atoms with Crippen LogP contribution in [0, 0.1) is 19.8 Å². The molecule has 0 aliphatic heterocycles. The highest BCUT2D eigenvalue weighted by Crippen LogP contribution is 2.21. The quantitative estimate of drug-likeness (QED) is 0.769. The number of carbonyl (C=O) groups is 1. The molecule has 6 nitrogen and oxygen atoms in total. The van der Waals surface area contributed by atoms with E-state index in [1.165, 1.54) is 17.4 Å². The van der Waals surface area contributed by atoms with Gasteiger partial charge in [-0.25, -0.2) is 0 Å². The molecule has 130 valence electrons. The maximum atomic E-state index is 12.4. The van der Waals surface area contributed by atoms with Crippen LogP contribution < -0.4 is 10.7 Å². The van der Waals surface area contributed by atoms with Crippen molar-refractivity contribution in [3.8, 4) is 0 Å². The number of rotatable bonds is 4. The summed E-state index contributed by atoms with van der Waals surface area (Å²) in [6.07, 6.45) is 0.803. The first-order valence-corrected chi connectivity index (χ1v) is 8.84.